The summed E-state index contributed by atoms with van der Waals surface area (Å²) >= 11 is 4.95. The third-order valence-electron chi connectivity index (χ3n) is 3.06. The summed E-state index contributed by atoms with van der Waals surface area (Å²) in [6, 6.07) is 8.71. The Labute approximate surface area is 136 Å². The number of aromatic nitrogens is 3. The van der Waals surface area contributed by atoms with Gasteiger partial charge in [0.15, 0.2) is 4.34 Å². The van der Waals surface area contributed by atoms with E-state index in [1.165, 1.54) is 11.1 Å². The number of benzene rings is 1. The molecule has 2 aromatic heterocycles. The molecule has 3 aromatic rings. The summed E-state index contributed by atoms with van der Waals surface area (Å²) in [5, 5.41) is 11.1. The Morgan fingerprint density at radius 1 is 1.14 bits per heavy atom. The molecule has 21 heavy (non-hydrogen) atoms. The van der Waals surface area contributed by atoms with Crippen molar-refractivity contribution in [3.05, 3.63) is 46.4 Å². The number of nitrogens with zero attached hydrogens (tertiary/aromatic N) is 3. The summed E-state index contributed by atoms with van der Waals surface area (Å²) in [5.41, 5.74) is 5.41. The van der Waals surface area contributed by atoms with Crippen LogP contribution in [0.15, 0.2) is 39.5 Å². The Morgan fingerprint density at radius 3 is 2.62 bits per heavy atom. The van der Waals surface area contributed by atoms with Gasteiger partial charge >= 0.3 is 0 Å². The highest BCUT2D eigenvalue weighted by atomic mass is 32.2. The average Bonchev–Trinajstić information content (AvgIpc) is 3.17. The first kappa shape index (κ1) is 14.7. The maximum absolute atomic E-state index is 4.71. The quantitative estimate of drug-likeness (QED) is 0.611. The number of hydrogen-bond donors (Lipinski definition) is 0. The molecular formula is C15H15N3S3. The summed E-state index contributed by atoms with van der Waals surface area (Å²) in [5.74, 6) is 1.41. The van der Waals surface area contributed by atoms with Crippen LogP contribution in [0.25, 0.3) is 10.6 Å². The third kappa shape index (κ3) is 3.70. The zero-order chi connectivity index (χ0) is 14.7. The fraction of sp³-hybridized carbons (Fsp3) is 0.267. The standard InChI is InChI=1S/C15H15N3S3/c1-10(2)11-3-5-12(6-4-11)14-17-13(7-19-14)8-20-15-18-16-9-21-15/h3-7,9-10H,8H2,1-2H3. The molecule has 0 amide bonds. The van der Waals surface area contributed by atoms with Crippen LogP contribution >= 0.6 is 34.4 Å². The molecule has 3 rings (SSSR count). The Morgan fingerprint density at radius 2 is 1.95 bits per heavy atom. The normalized spacial score (nSPS) is 11.2. The first-order valence-electron chi connectivity index (χ1n) is 6.66. The Bertz CT molecular complexity index is 687. The molecule has 0 saturated heterocycles. The Balaban J connectivity index is 1.69. The van der Waals surface area contributed by atoms with Crippen molar-refractivity contribution >= 4 is 34.4 Å². The second-order valence-corrected chi connectivity index (χ2v) is 7.83. The van der Waals surface area contributed by atoms with Crippen molar-refractivity contribution in [2.45, 2.75) is 29.9 Å². The van der Waals surface area contributed by atoms with Crippen LogP contribution in [0.4, 0.5) is 0 Å². The summed E-state index contributed by atoms with van der Waals surface area (Å²) < 4.78 is 0.992. The second kappa shape index (κ2) is 6.68. The fourth-order valence-corrected chi connectivity index (χ4v) is 4.19. The minimum Gasteiger partial charge on any atom is -0.240 e. The highest BCUT2D eigenvalue weighted by Gasteiger charge is 2.07. The van der Waals surface area contributed by atoms with Gasteiger partial charge in [-0.1, -0.05) is 61.2 Å². The predicted octanol–water partition coefficient (Wildman–Crippen LogP) is 5.08. The minimum absolute atomic E-state index is 0.564. The van der Waals surface area contributed by atoms with Crippen LogP contribution in [0.1, 0.15) is 31.0 Å². The van der Waals surface area contributed by atoms with Crippen LogP contribution in [0.2, 0.25) is 0 Å². The van der Waals surface area contributed by atoms with Gasteiger partial charge in [0.2, 0.25) is 0 Å². The van der Waals surface area contributed by atoms with E-state index in [9.17, 15) is 0 Å². The zero-order valence-corrected chi connectivity index (χ0v) is 14.3. The molecule has 2 heterocycles. The van der Waals surface area contributed by atoms with E-state index in [1.807, 2.05) is 0 Å². The largest absolute Gasteiger partial charge is 0.240 e. The molecule has 0 aliphatic carbocycles. The van der Waals surface area contributed by atoms with E-state index in [2.05, 4.69) is 53.7 Å². The van der Waals surface area contributed by atoms with Gasteiger partial charge in [-0.25, -0.2) is 4.98 Å². The molecule has 0 N–H and O–H groups in total. The smallest absolute Gasteiger partial charge is 0.174 e. The van der Waals surface area contributed by atoms with Crippen molar-refractivity contribution in [3.8, 4) is 10.6 Å². The molecule has 0 radical (unpaired) electrons. The van der Waals surface area contributed by atoms with E-state index in [0.29, 0.717) is 5.92 Å². The van der Waals surface area contributed by atoms with Gasteiger partial charge in [-0.2, -0.15) is 0 Å². The molecule has 108 valence electrons. The van der Waals surface area contributed by atoms with Crippen molar-refractivity contribution in [1.29, 1.82) is 0 Å². The van der Waals surface area contributed by atoms with Crippen molar-refractivity contribution in [1.82, 2.24) is 15.2 Å². The molecule has 0 aliphatic heterocycles. The molecule has 0 fully saturated rings. The Hall–Kier alpha value is -1.24. The molecule has 1 aromatic carbocycles. The molecule has 0 saturated carbocycles. The number of rotatable bonds is 5. The Kier molecular flexibility index (Phi) is 4.67. The lowest BCUT2D eigenvalue weighted by Crippen LogP contribution is -1.87. The van der Waals surface area contributed by atoms with Gasteiger partial charge in [0.05, 0.1) is 5.69 Å². The lowest BCUT2D eigenvalue weighted by molar-refractivity contribution is 0.867. The molecular weight excluding hydrogens is 318 g/mol. The van der Waals surface area contributed by atoms with Crippen LogP contribution < -0.4 is 0 Å². The molecule has 6 heteroatoms. The minimum atomic E-state index is 0.564. The summed E-state index contributed by atoms with van der Waals surface area (Å²) in [6.07, 6.45) is 0. The van der Waals surface area contributed by atoms with Crippen molar-refractivity contribution in [2.24, 2.45) is 0 Å². The molecule has 3 nitrogen and oxygen atoms in total. The van der Waals surface area contributed by atoms with E-state index in [4.69, 9.17) is 4.98 Å². The summed E-state index contributed by atoms with van der Waals surface area (Å²) in [7, 11) is 0. The zero-order valence-electron chi connectivity index (χ0n) is 11.8. The van der Waals surface area contributed by atoms with Crippen molar-refractivity contribution < 1.29 is 0 Å². The highest BCUT2D eigenvalue weighted by molar-refractivity contribution is 8.00. The number of thiazole rings is 1. The van der Waals surface area contributed by atoms with Crippen LogP contribution in [0.5, 0.6) is 0 Å². The lowest BCUT2D eigenvalue weighted by atomic mass is 10.0. The van der Waals surface area contributed by atoms with Gasteiger partial charge in [0.25, 0.3) is 0 Å². The summed E-state index contributed by atoms with van der Waals surface area (Å²) in [6.45, 7) is 4.42. The first-order valence-corrected chi connectivity index (χ1v) is 9.40. The maximum Gasteiger partial charge on any atom is 0.174 e. The van der Waals surface area contributed by atoms with E-state index in [1.54, 1.807) is 39.9 Å². The van der Waals surface area contributed by atoms with E-state index in [0.717, 1.165) is 20.8 Å². The predicted molar refractivity (Wildman–Crippen MR) is 91.1 cm³/mol. The topological polar surface area (TPSA) is 38.7 Å². The second-order valence-electron chi connectivity index (χ2n) is 4.91. The van der Waals surface area contributed by atoms with E-state index < -0.39 is 0 Å². The number of hydrogen-bond acceptors (Lipinski definition) is 6. The van der Waals surface area contributed by atoms with E-state index in [-0.39, 0.29) is 0 Å². The summed E-state index contributed by atoms with van der Waals surface area (Å²) in [4.78, 5) is 4.71. The third-order valence-corrected chi connectivity index (χ3v) is 5.89. The van der Waals surface area contributed by atoms with Crippen molar-refractivity contribution in [3.63, 3.8) is 0 Å². The van der Waals surface area contributed by atoms with E-state index >= 15 is 0 Å². The molecule has 0 spiro atoms. The fourth-order valence-electron chi connectivity index (χ4n) is 1.88. The monoisotopic (exact) mass is 333 g/mol. The van der Waals surface area contributed by atoms with Gasteiger partial charge in [-0.05, 0) is 11.5 Å². The maximum atomic E-state index is 4.71. The number of thioether (sulfide) groups is 1. The first-order chi connectivity index (χ1) is 10.2. The lowest BCUT2D eigenvalue weighted by Gasteiger charge is -2.05. The van der Waals surface area contributed by atoms with Crippen LogP contribution in [0.3, 0.4) is 0 Å². The van der Waals surface area contributed by atoms with Crippen LogP contribution in [-0.4, -0.2) is 15.2 Å². The van der Waals surface area contributed by atoms with Gasteiger partial charge in [0, 0.05) is 16.7 Å². The molecule has 0 unspecified atom stereocenters. The molecule has 0 atom stereocenters. The van der Waals surface area contributed by atoms with Crippen LogP contribution in [0, 0.1) is 0 Å². The highest BCUT2D eigenvalue weighted by Crippen LogP contribution is 2.29. The van der Waals surface area contributed by atoms with Gasteiger partial charge in [-0.3, -0.25) is 0 Å². The van der Waals surface area contributed by atoms with Crippen LogP contribution in [-0.2, 0) is 5.75 Å². The van der Waals surface area contributed by atoms with Gasteiger partial charge in [0.1, 0.15) is 10.5 Å². The average molecular weight is 334 g/mol. The van der Waals surface area contributed by atoms with Crippen molar-refractivity contribution in [2.75, 3.05) is 0 Å². The van der Waals surface area contributed by atoms with Gasteiger partial charge in [-0.15, -0.1) is 21.5 Å². The molecule has 0 bridgehead atoms. The van der Waals surface area contributed by atoms with Gasteiger partial charge < -0.3 is 0 Å². The SMILES string of the molecule is CC(C)c1ccc(-c2nc(CSc3nncs3)cs2)cc1. The molecule has 0 aliphatic rings.